The van der Waals surface area contributed by atoms with Crippen molar-refractivity contribution in [2.24, 2.45) is 16.8 Å². The average molecular weight is 297 g/mol. The summed E-state index contributed by atoms with van der Waals surface area (Å²) in [6.45, 7) is 11.4. The Labute approximate surface area is 131 Å². The van der Waals surface area contributed by atoms with E-state index in [1.165, 1.54) is 32.1 Å². The van der Waals surface area contributed by atoms with Gasteiger partial charge in [-0.05, 0) is 25.7 Å². The van der Waals surface area contributed by atoms with Gasteiger partial charge in [-0.3, -0.25) is 4.99 Å². The highest BCUT2D eigenvalue weighted by molar-refractivity contribution is 5.79. The zero-order chi connectivity index (χ0) is 15.5. The Morgan fingerprint density at radius 1 is 1.38 bits per heavy atom. The number of nitrogens with zero attached hydrogens (tertiary/aromatic N) is 2. The van der Waals surface area contributed by atoms with E-state index in [9.17, 15) is 0 Å². The molecule has 0 amide bonds. The van der Waals surface area contributed by atoms with Crippen LogP contribution in [0.25, 0.3) is 0 Å². The first kappa shape index (κ1) is 18.3. The van der Waals surface area contributed by atoms with Gasteiger partial charge in [0.05, 0.1) is 6.61 Å². The summed E-state index contributed by atoms with van der Waals surface area (Å²) >= 11 is 0. The summed E-state index contributed by atoms with van der Waals surface area (Å²) in [5.74, 6) is 2.43. The van der Waals surface area contributed by atoms with Gasteiger partial charge in [0.1, 0.15) is 0 Å². The van der Waals surface area contributed by atoms with Crippen molar-refractivity contribution in [3.63, 3.8) is 0 Å². The normalized spacial score (nSPS) is 20.6. The van der Waals surface area contributed by atoms with E-state index in [-0.39, 0.29) is 0 Å². The number of hydrogen-bond donors (Lipinski definition) is 1. The highest BCUT2D eigenvalue weighted by atomic mass is 16.5. The van der Waals surface area contributed by atoms with Crippen molar-refractivity contribution in [1.29, 1.82) is 0 Å². The second-order valence-electron chi connectivity index (χ2n) is 6.22. The van der Waals surface area contributed by atoms with Crippen LogP contribution in [0.5, 0.6) is 0 Å². The topological polar surface area (TPSA) is 36.9 Å². The molecule has 0 saturated carbocycles. The lowest BCUT2D eigenvalue weighted by molar-refractivity contribution is 0.181. The van der Waals surface area contributed by atoms with Gasteiger partial charge < -0.3 is 15.0 Å². The Kier molecular flexibility index (Phi) is 9.48. The molecule has 0 aromatic carbocycles. The molecule has 1 aliphatic rings. The Balaban J connectivity index is 2.49. The van der Waals surface area contributed by atoms with Gasteiger partial charge in [0.25, 0.3) is 0 Å². The molecule has 1 rings (SSSR count). The van der Waals surface area contributed by atoms with Gasteiger partial charge in [-0.2, -0.15) is 0 Å². The Morgan fingerprint density at radius 3 is 2.76 bits per heavy atom. The SMILES string of the molecule is CCCCC(CC)CN=C(NCC)N(C)CC1CCOC1. The molecule has 0 bridgehead atoms. The van der Waals surface area contributed by atoms with Crippen LogP contribution < -0.4 is 5.32 Å². The fourth-order valence-corrected chi connectivity index (χ4v) is 2.80. The number of aliphatic imine (C=N–C) groups is 1. The van der Waals surface area contributed by atoms with E-state index < -0.39 is 0 Å². The van der Waals surface area contributed by atoms with Gasteiger partial charge in [-0.15, -0.1) is 0 Å². The molecule has 4 nitrogen and oxygen atoms in total. The highest BCUT2D eigenvalue weighted by Crippen LogP contribution is 2.15. The van der Waals surface area contributed by atoms with Crippen LogP contribution in [-0.2, 0) is 4.74 Å². The number of unbranched alkanes of at least 4 members (excludes halogenated alkanes) is 1. The molecule has 2 unspecified atom stereocenters. The maximum absolute atomic E-state index is 5.47. The molecule has 0 aliphatic carbocycles. The Morgan fingerprint density at radius 2 is 2.19 bits per heavy atom. The van der Waals surface area contributed by atoms with E-state index >= 15 is 0 Å². The second kappa shape index (κ2) is 10.9. The molecule has 124 valence electrons. The first-order valence-corrected chi connectivity index (χ1v) is 8.78. The summed E-state index contributed by atoms with van der Waals surface area (Å²) in [5.41, 5.74) is 0. The van der Waals surface area contributed by atoms with E-state index in [2.05, 4.69) is 38.0 Å². The van der Waals surface area contributed by atoms with E-state index in [4.69, 9.17) is 9.73 Å². The number of guanidine groups is 1. The minimum Gasteiger partial charge on any atom is -0.381 e. The predicted molar refractivity (Wildman–Crippen MR) is 90.8 cm³/mol. The lowest BCUT2D eigenvalue weighted by Crippen LogP contribution is -2.41. The van der Waals surface area contributed by atoms with Crippen LogP contribution in [0.15, 0.2) is 4.99 Å². The fraction of sp³-hybridized carbons (Fsp3) is 0.941. The van der Waals surface area contributed by atoms with Crippen molar-refractivity contribution in [2.45, 2.75) is 52.9 Å². The summed E-state index contributed by atoms with van der Waals surface area (Å²) in [4.78, 5) is 7.14. The third-order valence-electron chi connectivity index (χ3n) is 4.30. The first-order valence-electron chi connectivity index (χ1n) is 8.78. The van der Waals surface area contributed by atoms with E-state index in [0.29, 0.717) is 5.92 Å². The predicted octanol–water partition coefficient (Wildman–Crippen LogP) is 3.14. The molecule has 0 aromatic heterocycles. The van der Waals surface area contributed by atoms with Gasteiger partial charge in [-0.1, -0.05) is 33.1 Å². The lowest BCUT2D eigenvalue weighted by atomic mass is 10.00. The summed E-state index contributed by atoms with van der Waals surface area (Å²) < 4.78 is 5.47. The van der Waals surface area contributed by atoms with E-state index in [1.807, 2.05) is 0 Å². The van der Waals surface area contributed by atoms with Crippen molar-refractivity contribution in [3.05, 3.63) is 0 Å². The van der Waals surface area contributed by atoms with Gasteiger partial charge in [-0.25, -0.2) is 0 Å². The molecule has 1 aliphatic heterocycles. The molecule has 1 fully saturated rings. The van der Waals surface area contributed by atoms with Crippen LogP contribution in [0.4, 0.5) is 0 Å². The van der Waals surface area contributed by atoms with Crippen molar-refractivity contribution in [2.75, 3.05) is 39.9 Å². The largest absolute Gasteiger partial charge is 0.381 e. The number of hydrogen-bond acceptors (Lipinski definition) is 2. The molecule has 21 heavy (non-hydrogen) atoms. The minimum absolute atomic E-state index is 0.654. The van der Waals surface area contributed by atoms with Crippen molar-refractivity contribution in [3.8, 4) is 0 Å². The van der Waals surface area contributed by atoms with Gasteiger partial charge >= 0.3 is 0 Å². The maximum atomic E-state index is 5.47. The van der Waals surface area contributed by atoms with Crippen molar-refractivity contribution in [1.82, 2.24) is 10.2 Å². The Bertz CT molecular complexity index is 288. The van der Waals surface area contributed by atoms with Crippen LogP contribution in [-0.4, -0.2) is 50.8 Å². The third-order valence-corrected chi connectivity index (χ3v) is 4.30. The molecule has 2 atom stereocenters. The number of rotatable bonds is 9. The summed E-state index contributed by atoms with van der Waals surface area (Å²) in [6.07, 6.45) is 6.30. The van der Waals surface area contributed by atoms with Crippen molar-refractivity contribution >= 4 is 5.96 Å². The first-order chi connectivity index (χ1) is 10.2. The molecule has 1 N–H and O–H groups in total. The quantitative estimate of drug-likeness (QED) is 0.525. The minimum atomic E-state index is 0.654. The molecule has 0 spiro atoms. The third kappa shape index (κ3) is 7.16. The smallest absolute Gasteiger partial charge is 0.193 e. The molecule has 0 radical (unpaired) electrons. The summed E-state index contributed by atoms with van der Waals surface area (Å²) in [6, 6.07) is 0. The molecular weight excluding hydrogens is 262 g/mol. The summed E-state index contributed by atoms with van der Waals surface area (Å²) in [5, 5.41) is 3.43. The van der Waals surface area contributed by atoms with Crippen LogP contribution >= 0.6 is 0 Å². The molecule has 0 aromatic rings. The molecule has 1 heterocycles. The van der Waals surface area contributed by atoms with E-state index in [0.717, 1.165) is 44.7 Å². The standard InChI is InChI=1S/C17H35N3O/c1-5-8-9-15(6-2)12-19-17(18-7-3)20(4)13-16-10-11-21-14-16/h15-16H,5-14H2,1-4H3,(H,18,19). The molecule has 1 saturated heterocycles. The van der Waals surface area contributed by atoms with Crippen LogP contribution in [0.2, 0.25) is 0 Å². The second-order valence-corrected chi connectivity index (χ2v) is 6.22. The number of ether oxygens (including phenoxy) is 1. The van der Waals surface area contributed by atoms with Crippen LogP contribution in [0, 0.1) is 11.8 Å². The maximum Gasteiger partial charge on any atom is 0.193 e. The zero-order valence-corrected chi connectivity index (χ0v) is 14.5. The average Bonchev–Trinajstić information content (AvgIpc) is 2.99. The Hall–Kier alpha value is -0.770. The lowest BCUT2D eigenvalue weighted by Gasteiger charge is -2.25. The van der Waals surface area contributed by atoms with E-state index in [1.54, 1.807) is 0 Å². The monoisotopic (exact) mass is 297 g/mol. The number of nitrogens with one attached hydrogen (secondary N) is 1. The van der Waals surface area contributed by atoms with Crippen LogP contribution in [0.1, 0.15) is 52.9 Å². The van der Waals surface area contributed by atoms with Gasteiger partial charge in [0, 0.05) is 39.2 Å². The molecular formula is C17H35N3O. The van der Waals surface area contributed by atoms with Crippen LogP contribution in [0.3, 0.4) is 0 Å². The van der Waals surface area contributed by atoms with Crippen molar-refractivity contribution < 1.29 is 4.74 Å². The summed E-state index contributed by atoms with van der Waals surface area (Å²) in [7, 11) is 2.15. The highest BCUT2D eigenvalue weighted by Gasteiger charge is 2.19. The zero-order valence-electron chi connectivity index (χ0n) is 14.5. The molecule has 4 heteroatoms. The fourth-order valence-electron chi connectivity index (χ4n) is 2.80. The van der Waals surface area contributed by atoms with Gasteiger partial charge in [0.15, 0.2) is 5.96 Å². The van der Waals surface area contributed by atoms with Gasteiger partial charge in [0.2, 0.25) is 0 Å².